The number of rotatable bonds is 3. The molecule has 2 aliphatic rings. The first-order chi connectivity index (χ1) is 29.7. The highest BCUT2D eigenvalue weighted by Crippen LogP contribution is 2.62. The van der Waals surface area contributed by atoms with E-state index in [1.165, 1.54) is 16.3 Å². The van der Waals surface area contributed by atoms with Crippen molar-refractivity contribution >= 4 is 43.6 Å². The molecular weight excluding hydrogens is 735 g/mol. The summed E-state index contributed by atoms with van der Waals surface area (Å²) in [7, 11) is 0. The van der Waals surface area contributed by atoms with Gasteiger partial charge in [-0.3, -0.25) is 9.97 Å². The van der Waals surface area contributed by atoms with Gasteiger partial charge in [-0.15, -0.1) is 0 Å². The Labute approximate surface area is 344 Å². The zero-order chi connectivity index (χ0) is 39.5. The van der Waals surface area contributed by atoms with Crippen LogP contribution in [0.3, 0.4) is 0 Å². The summed E-state index contributed by atoms with van der Waals surface area (Å²) in [5.41, 5.74) is 14.7. The molecule has 0 N–H and O–H groups in total. The lowest BCUT2D eigenvalue weighted by Gasteiger charge is -2.39. The van der Waals surface area contributed by atoms with Crippen LogP contribution in [-0.2, 0) is 5.41 Å². The molecule has 0 amide bonds. The van der Waals surface area contributed by atoms with E-state index in [1.807, 2.05) is 48.8 Å². The van der Waals surface area contributed by atoms with Crippen molar-refractivity contribution in [1.29, 1.82) is 5.26 Å². The van der Waals surface area contributed by atoms with E-state index in [-0.39, 0.29) is 0 Å². The second-order valence-electron chi connectivity index (χ2n) is 15.7. The molecule has 0 atom stereocenters. The standard InChI is InChI=1S/C54H31N5O/c55-32-33-18-23-48-40(28-33)38-12-4-7-17-47(38)59(48)37-21-22-42-51(31-37)60-50-25-20-35(30-45(50)54(42)43-14-8-26-56-52(43)53-44(54)15-9-27-57-53)34-19-24-49-41(29-34)39-13-5-6-16-46(39)58(49)36-10-2-1-3-11-36/h1-31H. The molecule has 1 spiro atoms. The molecule has 4 aromatic heterocycles. The number of fused-ring (bicyclic) bond motifs is 15. The van der Waals surface area contributed by atoms with E-state index >= 15 is 0 Å². The van der Waals surface area contributed by atoms with Gasteiger partial charge in [0.05, 0.1) is 50.5 Å². The third-order valence-corrected chi connectivity index (χ3v) is 12.7. The minimum Gasteiger partial charge on any atom is -0.457 e. The van der Waals surface area contributed by atoms with Crippen LogP contribution < -0.4 is 4.74 Å². The third-order valence-electron chi connectivity index (χ3n) is 12.7. The second-order valence-corrected chi connectivity index (χ2v) is 15.7. The summed E-state index contributed by atoms with van der Waals surface area (Å²) in [6.45, 7) is 0. The van der Waals surface area contributed by atoms with Gasteiger partial charge in [-0.25, -0.2) is 0 Å². The first kappa shape index (κ1) is 32.8. The molecule has 0 bridgehead atoms. The molecule has 0 saturated carbocycles. The van der Waals surface area contributed by atoms with Crippen LogP contribution >= 0.6 is 0 Å². The summed E-state index contributed by atoms with van der Waals surface area (Å²) < 4.78 is 11.7. The fourth-order valence-electron chi connectivity index (χ4n) is 10.2. The summed E-state index contributed by atoms with van der Waals surface area (Å²) in [4.78, 5) is 9.95. The molecule has 11 aromatic rings. The van der Waals surface area contributed by atoms with Gasteiger partial charge in [0, 0.05) is 62.5 Å². The number of benzene rings is 7. The number of nitrogens with zero attached hydrogens (tertiary/aromatic N) is 5. The molecule has 5 heterocycles. The van der Waals surface area contributed by atoms with E-state index < -0.39 is 5.41 Å². The molecule has 0 radical (unpaired) electrons. The molecule has 0 fully saturated rings. The fraction of sp³-hybridized carbons (Fsp3) is 0.0185. The van der Waals surface area contributed by atoms with Crippen LogP contribution in [0.5, 0.6) is 11.5 Å². The van der Waals surface area contributed by atoms with Crippen LogP contribution in [0.2, 0.25) is 0 Å². The van der Waals surface area contributed by atoms with Crippen LogP contribution in [0.4, 0.5) is 0 Å². The molecule has 1 aliphatic heterocycles. The van der Waals surface area contributed by atoms with Crippen molar-refractivity contribution in [1.82, 2.24) is 19.1 Å². The van der Waals surface area contributed by atoms with Gasteiger partial charge < -0.3 is 13.9 Å². The van der Waals surface area contributed by atoms with Gasteiger partial charge in [0.15, 0.2) is 0 Å². The van der Waals surface area contributed by atoms with Gasteiger partial charge in [0.2, 0.25) is 0 Å². The maximum Gasteiger partial charge on any atom is 0.134 e. The number of hydrogen-bond acceptors (Lipinski definition) is 4. The Bertz CT molecular complexity index is 3620. The highest BCUT2D eigenvalue weighted by molar-refractivity contribution is 6.11. The molecule has 1 aliphatic carbocycles. The van der Waals surface area contributed by atoms with Gasteiger partial charge in [-0.1, -0.05) is 84.9 Å². The maximum absolute atomic E-state index is 9.77. The van der Waals surface area contributed by atoms with Crippen molar-refractivity contribution < 1.29 is 4.74 Å². The average molecular weight is 766 g/mol. The minimum absolute atomic E-state index is 0.636. The zero-order valence-electron chi connectivity index (χ0n) is 32.0. The SMILES string of the molecule is N#Cc1ccc2c(c1)c1ccccc1n2-c1ccc2c(c1)Oc1ccc(-c3ccc4c(c3)c3ccccc3n4-c3ccccc3)cc1C21c2cccnc2-c2ncccc21. The topological polar surface area (TPSA) is 68.7 Å². The van der Waals surface area contributed by atoms with Crippen LogP contribution in [0.1, 0.15) is 27.8 Å². The maximum atomic E-state index is 9.77. The van der Waals surface area contributed by atoms with Crippen molar-refractivity contribution in [2.75, 3.05) is 0 Å². The molecule has 0 saturated heterocycles. The molecule has 278 valence electrons. The first-order valence-corrected chi connectivity index (χ1v) is 20.1. The van der Waals surface area contributed by atoms with Crippen molar-refractivity contribution in [3.05, 3.63) is 216 Å². The molecule has 6 heteroatoms. The van der Waals surface area contributed by atoms with Gasteiger partial charge in [-0.2, -0.15) is 5.26 Å². The summed E-state index contributed by atoms with van der Waals surface area (Å²) in [6.07, 6.45) is 3.72. The van der Waals surface area contributed by atoms with Crippen molar-refractivity contribution in [3.63, 3.8) is 0 Å². The Morgan fingerprint density at radius 3 is 1.75 bits per heavy atom. The normalized spacial score (nSPS) is 13.2. The number of nitriles is 1. The van der Waals surface area contributed by atoms with Crippen LogP contribution in [0.15, 0.2) is 188 Å². The summed E-state index contributed by atoms with van der Waals surface area (Å²) >= 11 is 0. The third kappa shape index (κ3) is 4.30. The highest BCUT2D eigenvalue weighted by atomic mass is 16.5. The number of para-hydroxylation sites is 3. The van der Waals surface area contributed by atoms with E-state index in [0.29, 0.717) is 5.56 Å². The number of pyridine rings is 2. The van der Waals surface area contributed by atoms with Gasteiger partial charge >= 0.3 is 0 Å². The molecule has 60 heavy (non-hydrogen) atoms. The van der Waals surface area contributed by atoms with Crippen LogP contribution in [-0.4, -0.2) is 19.1 Å². The largest absolute Gasteiger partial charge is 0.457 e. The Morgan fingerprint density at radius 1 is 0.433 bits per heavy atom. The van der Waals surface area contributed by atoms with Crippen LogP contribution in [0, 0.1) is 11.3 Å². The summed E-state index contributed by atoms with van der Waals surface area (Å²) in [5.74, 6) is 1.56. The monoisotopic (exact) mass is 765 g/mol. The van der Waals surface area contributed by atoms with E-state index in [0.717, 1.165) is 95.0 Å². The molecular formula is C54H31N5O. The smallest absolute Gasteiger partial charge is 0.134 e. The number of hydrogen-bond donors (Lipinski definition) is 0. The Hall–Kier alpha value is -8.27. The summed E-state index contributed by atoms with van der Waals surface area (Å²) in [6, 6.07) is 64.4. The van der Waals surface area contributed by atoms with E-state index in [1.54, 1.807) is 0 Å². The predicted molar refractivity (Wildman–Crippen MR) is 238 cm³/mol. The fourth-order valence-corrected chi connectivity index (χ4v) is 10.2. The van der Waals surface area contributed by atoms with Crippen molar-refractivity contribution in [2.24, 2.45) is 0 Å². The van der Waals surface area contributed by atoms with Crippen molar-refractivity contribution in [2.45, 2.75) is 5.41 Å². The zero-order valence-corrected chi connectivity index (χ0v) is 32.0. The second kappa shape index (κ2) is 12.1. The molecule has 0 unspecified atom stereocenters. The predicted octanol–water partition coefficient (Wildman–Crippen LogP) is 12.7. The minimum atomic E-state index is -0.749. The Balaban J connectivity index is 1.04. The lowest BCUT2D eigenvalue weighted by Crippen LogP contribution is -2.32. The van der Waals surface area contributed by atoms with E-state index in [4.69, 9.17) is 14.7 Å². The number of ether oxygens (including phenoxy) is 1. The summed E-state index contributed by atoms with van der Waals surface area (Å²) in [5, 5.41) is 14.3. The van der Waals surface area contributed by atoms with Crippen LogP contribution in [0.25, 0.3) is 77.5 Å². The van der Waals surface area contributed by atoms with E-state index in [2.05, 4.69) is 155 Å². The first-order valence-electron chi connectivity index (χ1n) is 20.1. The van der Waals surface area contributed by atoms with Gasteiger partial charge in [-0.05, 0) is 107 Å². The lowest BCUT2D eigenvalue weighted by molar-refractivity contribution is 0.436. The molecule has 7 aromatic carbocycles. The average Bonchev–Trinajstić information content (AvgIpc) is 3.93. The quantitative estimate of drug-likeness (QED) is 0.180. The highest BCUT2D eigenvalue weighted by Gasteiger charge is 2.52. The lowest BCUT2D eigenvalue weighted by atomic mass is 9.66. The van der Waals surface area contributed by atoms with Crippen molar-refractivity contribution in [3.8, 4) is 51.5 Å². The number of aromatic nitrogens is 4. The van der Waals surface area contributed by atoms with Gasteiger partial charge in [0.1, 0.15) is 11.5 Å². The molecule has 6 nitrogen and oxygen atoms in total. The van der Waals surface area contributed by atoms with E-state index in [9.17, 15) is 5.26 Å². The molecule has 13 rings (SSSR count). The van der Waals surface area contributed by atoms with Gasteiger partial charge in [0.25, 0.3) is 0 Å². The Morgan fingerprint density at radius 2 is 1.03 bits per heavy atom. The Kier molecular flexibility index (Phi) is 6.62.